The van der Waals surface area contributed by atoms with Gasteiger partial charge >= 0.3 is 6.03 Å². The summed E-state index contributed by atoms with van der Waals surface area (Å²) in [6.07, 6.45) is 0. The number of hydrogen-bond donors (Lipinski definition) is 1. The third-order valence-corrected chi connectivity index (χ3v) is 7.13. The van der Waals surface area contributed by atoms with E-state index in [0.717, 1.165) is 32.7 Å². The molecule has 0 aliphatic carbocycles. The zero-order chi connectivity index (χ0) is 23.6. The molecule has 4 aromatic rings. The van der Waals surface area contributed by atoms with Gasteiger partial charge in [0, 0.05) is 28.9 Å². The van der Waals surface area contributed by atoms with Gasteiger partial charge in [-0.1, -0.05) is 36.4 Å². The Bertz CT molecular complexity index is 1460. The molecule has 3 aromatic carbocycles. The number of carbonyl (C=O) groups excluding carboxylic acids is 2. The van der Waals surface area contributed by atoms with E-state index in [9.17, 15) is 14.0 Å². The Labute approximate surface area is 195 Å². The molecule has 0 spiro atoms. The number of nitrogens with zero attached hydrogens (tertiary/aromatic N) is 2. The van der Waals surface area contributed by atoms with Crippen LogP contribution in [0.25, 0.3) is 10.9 Å². The molecule has 1 aromatic heterocycles. The first-order chi connectivity index (χ1) is 16.4. The molecular formula is C27H22FN3O3. The lowest BCUT2D eigenvalue weighted by atomic mass is 9.78. The van der Waals surface area contributed by atoms with E-state index in [0.29, 0.717) is 17.9 Å². The highest BCUT2D eigenvalue weighted by atomic mass is 19.1. The normalized spacial score (nSPS) is 21.7. The summed E-state index contributed by atoms with van der Waals surface area (Å²) in [7, 11) is 1.63. The van der Waals surface area contributed by atoms with Crippen LogP contribution in [0, 0.1) is 5.82 Å². The van der Waals surface area contributed by atoms with Crippen LogP contribution in [0.2, 0.25) is 0 Å². The molecule has 2 aliphatic heterocycles. The van der Waals surface area contributed by atoms with Crippen LogP contribution in [0.3, 0.4) is 0 Å². The first-order valence-corrected chi connectivity index (χ1v) is 11.1. The number of amides is 3. The molecule has 0 bridgehead atoms. The number of benzene rings is 3. The van der Waals surface area contributed by atoms with Crippen LogP contribution in [0.4, 0.5) is 14.9 Å². The molecule has 0 unspecified atom stereocenters. The summed E-state index contributed by atoms with van der Waals surface area (Å²) in [6.45, 7) is 2.08. The van der Waals surface area contributed by atoms with E-state index < -0.39 is 17.4 Å². The second-order valence-corrected chi connectivity index (χ2v) is 8.84. The predicted molar refractivity (Wildman–Crippen MR) is 126 cm³/mol. The van der Waals surface area contributed by atoms with E-state index in [1.165, 1.54) is 24.3 Å². The quantitative estimate of drug-likeness (QED) is 0.435. The van der Waals surface area contributed by atoms with Gasteiger partial charge in [-0.2, -0.15) is 0 Å². The van der Waals surface area contributed by atoms with Crippen LogP contribution in [-0.2, 0) is 10.3 Å². The van der Waals surface area contributed by atoms with Crippen molar-refractivity contribution >= 4 is 28.5 Å². The first kappa shape index (κ1) is 20.5. The van der Waals surface area contributed by atoms with E-state index in [4.69, 9.17) is 4.74 Å². The second kappa shape index (κ2) is 7.18. The van der Waals surface area contributed by atoms with Crippen LogP contribution in [0.5, 0.6) is 5.75 Å². The van der Waals surface area contributed by atoms with Crippen molar-refractivity contribution < 1.29 is 18.7 Å². The smallest absolute Gasteiger partial charge is 0.332 e. The van der Waals surface area contributed by atoms with E-state index in [-0.39, 0.29) is 11.8 Å². The van der Waals surface area contributed by atoms with Gasteiger partial charge in [0.15, 0.2) is 5.54 Å². The lowest BCUT2D eigenvalue weighted by molar-refractivity contribution is -0.125. The number of aromatic nitrogens is 1. The predicted octanol–water partition coefficient (Wildman–Crippen LogP) is 5.15. The number of rotatable bonds is 3. The first-order valence-electron chi connectivity index (χ1n) is 11.1. The number of methoxy groups -OCH3 is 1. The number of aromatic amines is 1. The summed E-state index contributed by atoms with van der Waals surface area (Å²) >= 11 is 0. The number of nitrogens with one attached hydrogen (secondary N) is 1. The van der Waals surface area contributed by atoms with Crippen molar-refractivity contribution in [3.63, 3.8) is 0 Å². The molecule has 3 amide bonds. The molecule has 2 atom stereocenters. The Morgan fingerprint density at radius 1 is 1.00 bits per heavy atom. The summed E-state index contributed by atoms with van der Waals surface area (Å²) in [5, 5.41) is 1.01. The van der Waals surface area contributed by atoms with Crippen molar-refractivity contribution in [3.8, 4) is 5.75 Å². The molecule has 170 valence electrons. The second-order valence-electron chi connectivity index (χ2n) is 8.84. The molecule has 6 rings (SSSR count). The van der Waals surface area contributed by atoms with Crippen molar-refractivity contribution in [2.24, 2.45) is 0 Å². The number of urea groups is 1. The minimum atomic E-state index is -1.22. The van der Waals surface area contributed by atoms with Gasteiger partial charge in [0.2, 0.25) is 0 Å². The molecule has 1 N–H and O–H groups in total. The summed E-state index contributed by atoms with van der Waals surface area (Å²) in [6, 6.07) is 20.7. The van der Waals surface area contributed by atoms with Gasteiger partial charge in [0.05, 0.1) is 18.5 Å². The zero-order valence-corrected chi connectivity index (χ0v) is 18.7. The molecular weight excluding hydrogens is 433 g/mol. The highest BCUT2D eigenvalue weighted by Gasteiger charge is 2.60. The number of imide groups is 1. The van der Waals surface area contributed by atoms with Crippen LogP contribution in [0.1, 0.15) is 29.7 Å². The molecule has 7 heteroatoms. The number of H-pyrrole nitrogens is 1. The summed E-state index contributed by atoms with van der Waals surface area (Å²) < 4.78 is 19.2. The van der Waals surface area contributed by atoms with Gasteiger partial charge in [-0.3, -0.25) is 4.79 Å². The van der Waals surface area contributed by atoms with E-state index in [1.807, 2.05) is 48.5 Å². The van der Waals surface area contributed by atoms with E-state index >= 15 is 0 Å². The minimum absolute atomic E-state index is 0.208. The third kappa shape index (κ3) is 2.61. The van der Waals surface area contributed by atoms with Crippen LogP contribution < -0.4 is 9.64 Å². The van der Waals surface area contributed by atoms with Crippen molar-refractivity contribution in [1.82, 2.24) is 9.88 Å². The van der Waals surface area contributed by atoms with Gasteiger partial charge < -0.3 is 14.6 Å². The number of hydrogen-bond acceptors (Lipinski definition) is 3. The minimum Gasteiger partial charge on any atom is -0.496 e. The lowest BCUT2D eigenvalue weighted by Gasteiger charge is -2.40. The highest BCUT2D eigenvalue weighted by molar-refractivity contribution is 6.23. The maximum absolute atomic E-state index is 13.9. The molecule has 0 saturated carbocycles. The number of anilines is 1. The fourth-order valence-corrected chi connectivity index (χ4v) is 5.44. The molecule has 0 radical (unpaired) electrons. The standard InChI is InChI=1S/C27H22FN3O3/c1-27-24-23(19-8-3-5-9-21(19)29-24)20(18-7-4-6-10-22(18)34-2)15-30(27)26(33)31(25(27)32)17-13-11-16(28)12-14-17/h3-14,20,29H,15H2,1-2H3/t20-,27-/m0/s1. The Morgan fingerprint density at radius 2 is 1.71 bits per heavy atom. The van der Waals surface area contributed by atoms with Gasteiger partial charge in [0.1, 0.15) is 11.6 Å². The summed E-state index contributed by atoms with van der Waals surface area (Å²) in [4.78, 5) is 33.8. The van der Waals surface area contributed by atoms with Gasteiger partial charge in [-0.15, -0.1) is 0 Å². The molecule has 1 saturated heterocycles. The highest BCUT2D eigenvalue weighted by Crippen LogP contribution is 2.51. The van der Waals surface area contributed by atoms with Crippen molar-refractivity contribution in [2.75, 3.05) is 18.6 Å². The zero-order valence-electron chi connectivity index (χ0n) is 18.7. The number of halogens is 1. The number of ether oxygens (including phenoxy) is 1. The maximum Gasteiger partial charge on any atom is 0.332 e. The summed E-state index contributed by atoms with van der Waals surface area (Å²) in [5.74, 6) is -0.280. The molecule has 3 heterocycles. The average molecular weight is 455 g/mol. The van der Waals surface area contributed by atoms with E-state index in [2.05, 4.69) is 4.98 Å². The maximum atomic E-state index is 13.9. The summed E-state index contributed by atoms with van der Waals surface area (Å²) in [5.41, 5.74) is 2.64. The molecule has 6 nitrogen and oxygen atoms in total. The van der Waals surface area contributed by atoms with E-state index in [1.54, 1.807) is 18.9 Å². The molecule has 2 aliphatic rings. The molecule has 1 fully saturated rings. The fourth-order valence-electron chi connectivity index (χ4n) is 5.44. The number of carbonyl (C=O) groups is 2. The Balaban J connectivity index is 1.60. The average Bonchev–Trinajstić information content (AvgIpc) is 3.34. The third-order valence-electron chi connectivity index (χ3n) is 7.13. The fraction of sp³-hybridized carbons (Fsp3) is 0.185. The molecule has 34 heavy (non-hydrogen) atoms. The van der Waals surface area contributed by atoms with Gasteiger partial charge in [-0.05, 0) is 48.9 Å². The van der Waals surface area contributed by atoms with Gasteiger partial charge in [0.25, 0.3) is 5.91 Å². The van der Waals surface area contributed by atoms with Crippen molar-refractivity contribution in [1.29, 1.82) is 0 Å². The monoisotopic (exact) mass is 455 g/mol. The number of para-hydroxylation sites is 2. The van der Waals surface area contributed by atoms with Crippen LogP contribution in [0.15, 0.2) is 72.8 Å². The SMILES string of the molecule is COc1ccccc1[C@@H]1CN2C(=O)N(c3ccc(F)cc3)C(=O)[C@]2(C)c2[nH]c3ccccc3c21. The number of fused-ring (bicyclic) bond motifs is 5. The van der Waals surface area contributed by atoms with Crippen molar-refractivity contribution in [3.05, 3.63) is 95.4 Å². The van der Waals surface area contributed by atoms with Crippen molar-refractivity contribution in [2.45, 2.75) is 18.4 Å². The topological polar surface area (TPSA) is 65.6 Å². The van der Waals surface area contributed by atoms with Gasteiger partial charge in [-0.25, -0.2) is 14.1 Å². The lowest BCUT2D eigenvalue weighted by Crippen LogP contribution is -2.50. The van der Waals surface area contributed by atoms with Crippen LogP contribution >= 0.6 is 0 Å². The van der Waals surface area contributed by atoms with Crippen LogP contribution in [-0.4, -0.2) is 35.5 Å². The largest absolute Gasteiger partial charge is 0.496 e. The Kier molecular flexibility index (Phi) is 4.33. The Hall–Kier alpha value is -4.13. The Morgan fingerprint density at radius 3 is 2.47 bits per heavy atom.